The van der Waals surface area contributed by atoms with Crippen molar-refractivity contribution >= 4 is 61.9 Å². The molecular formula is C30H32BrClN4O5S. The molecule has 1 aliphatic rings. The molecule has 1 fully saturated rings. The maximum absolute atomic E-state index is 12.4. The molecule has 5 rings (SSSR count). The Kier molecular flexibility index (Phi) is 8.73. The number of benzene rings is 2. The predicted molar refractivity (Wildman–Crippen MR) is 167 cm³/mol. The van der Waals surface area contributed by atoms with Crippen molar-refractivity contribution in [2.75, 3.05) is 13.1 Å². The first-order valence-electron chi connectivity index (χ1n) is 13.6. The van der Waals surface area contributed by atoms with Crippen LogP contribution in [0.1, 0.15) is 61.9 Å². The van der Waals surface area contributed by atoms with Crippen molar-refractivity contribution in [2.24, 2.45) is 5.73 Å². The van der Waals surface area contributed by atoms with Crippen LogP contribution in [0.2, 0.25) is 5.02 Å². The van der Waals surface area contributed by atoms with Gasteiger partial charge in [-0.25, -0.2) is 9.78 Å². The number of piperidine rings is 1. The Morgan fingerprint density at radius 2 is 1.86 bits per heavy atom. The number of carbonyl (C=O) groups is 2. The number of ether oxygens (including phenoxy) is 3. The number of likely N-dealkylation sites (tertiary alicyclic amines) is 1. The van der Waals surface area contributed by atoms with Gasteiger partial charge in [-0.05, 0) is 61.8 Å². The van der Waals surface area contributed by atoms with E-state index in [2.05, 4.69) is 20.9 Å². The number of hydrogen-bond acceptors (Lipinski definition) is 7. The number of hydrogen-bond donors (Lipinski definition) is 1. The highest BCUT2D eigenvalue weighted by molar-refractivity contribution is 9.10. The van der Waals surface area contributed by atoms with Gasteiger partial charge < -0.3 is 24.8 Å². The second kappa shape index (κ2) is 12.1. The molecular weight excluding hydrogens is 644 g/mol. The number of halogens is 2. The van der Waals surface area contributed by atoms with E-state index in [4.69, 9.17) is 31.5 Å². The molecule has 4 aromatic rings. The van der Waals surface area contributed by atoms with Crippen LogP contribution in [0.5, 0.6) is 11.5 Å². The van der Waals surface area contributed by atoms with Gasteiger partial charge in [0.05, 0.1) is 15.5 Å². The molecule has 1 atom stereocenters. The average Bonchev–Trinajstić information content (AvgIpc) is 3.55. The first kappa shape index (κ1) is 30.2. The minimum Gasteiger partial charge on any atom is -0.489 e. The topological polar surface area (TPSA) is 109 Å². The van der Waals surface area contributed by atoms with Gasteiger partial charge in [-0.2, -0.15) is 0 Å². The molecule has 3 heterocycles. The van der Waals surface area contributed by atoms with E-state index in [9.17, 15) is 9.59 Å². The predicted octanol–water partition coefficient (Wildman–Crippen LogP) is 7.52. The molecule has 0 spiro atoms. The zero-order chi connectivity index (χ0) is 30.2. The molecule has 0 unspecified atom stereocenters. The quantitative estimate of drug-likeness (QED) is 0.217. The lowest BCUT2D eigenvalue weighted by Crippen LogP contribution is -2.44. The highest BCUT2D eigenvalue weighted by Gasteiger charge is 2.29. The van der Waals surface area contributed by atoms with Crippen molar-refractivity contribution in [2.45, 2.75) is 58.3 Å². The standard InChI is InChI=1S/C30H32BrClN4O5S/c1-17(19-7-5-6-8-20(19)32)39-23-15-24(42-27(23)28(33)37)36-16-34-21-9-10-22(25(31)26(21)36)40-18-11-13-35(14-12-18)29(38)41-30(2,3)4/h5-10,15-18H,11-14H2,1-4H3,(H2,33,37)/t17-/m1/s1. The monoisotopic (exact) mass is 674 g/mol. The van der Waals surface area contributed by atoms with E-state index in [1.807, 2.05) is 62.6 Å². The molecule has 1 saturated heterocycles. The normalized spacial score (nSPS) is 15.0. The molecule has 2 aromatic carbocycles. The van der Waals surface area contributed by atoms with E-state index in [0.717, 1.165) is 21.1 Å². The van der Waals surface area contributed by atoms with E-state index in [0.29, 0.717) is 52.3 Å². The number of aromatic nitrogens is 2. The van der Waals surface area contributed by atoms with E-state index in [1.54, 1.807) is 23.4 Å². The fourth-order valence-electron chi connectivity index (χ4n) is 4.77. The molecule has 1 aliphatic heterocycles. The Morgan fingerprint density at radius 1 is 1.14 bits per heavy atom. The number of amides is 2. The largest absolute Gasteiger partial charge is 0.489 e. The van der Waals surface area contributed by atoms with Crippen molar-refractivity contribution < 1.29 is 23.8 Å². The van der Waals surface area contributed by atoms with Crippen LogP contribution < -0.4 is 15.2 Å². The summed E-state index contributed by atoms with van der Waals surface area (Å²) >= 11 is 11.3. The van der Waals surface area contributed by atoms with Crippen molar-refractivity contribution in [3.05, 3.63) is 68.7 Å². The number of primary amides is 1. The van der Waals surface area contributed by atoms with Crippen LogP contribution >= 0.6 is 38.9 Å². The van der Waals surface area contributed by atoms with Gasteiger partial charge in [0.15, 0.2) is 0 Å². The van der Waals surface area contributed by atoms with E-state index in [-0.39, 0.29) is 12.2 Å². The molecule has 0 bridgehead atoms. The number of fused-ring (bicyclic) bond motifs is 1. The Labute approximate surface area is 261 Å². The van der Waals surface area contributed by atoms with Crippen LogP contribution in [0.4, 0.5) is 4.79 Å². The molecule has 2 N–H and O–H groups in total. The number of carbonyl (C=O) groups excluding carboxylic acids is 2. The van der Waals surface area contributed by atoms with Gasteiger partial charge >= 0.3 is 6.09 Å². The zero-order valence-electron chi connectivity index (χ0n) is 23.7. The Bertz CT molecular complexity index is 1620. The van der Waals surface area contributed by atoms with Gasteiger partial charge in [0.25, 0.3) is 5.91 Å². The van der Waals surface area contributed by atoms with Crippen molar-refractivity contribution in [1.82, 2.24) is 14.5 Å². The second-order valence-corrected chi connectivity index (χ2v) is 13.3. The van der Waals surface area contributed by atoms with Gasteiger partial charge in [-0.3, -0.25) is 9.36 Å². The maximum Gasteiger partial charge on any atom is 0.410 e. The van der Waals surface area contributed by atoms with Gasteiger partial charge in [0.2, 0.25) is 0 Å². The molecule has 42 heavy (non-hydrogen) atoms. The first-order valence-corrected chi connectivity index (χ1v) is 15.5. The van der Waals surface area contributed by atoms with Crippen LogP contribution in [-0.4, -0.2) is 51.2 Å². The number of nitrogens with two attached hydrogens (primary N) is 1. The summed E-state index contributed by atoms with van der Waals surface area (Å²) in [6, 6.07) is 13.0. The van der Waals surface area contributed by atoms with Gasteiger partial charge in [0, 0.05) is 42.6 Å². The Balaban J connectivity index is 1.37. The highest BCUT2D eigenvalue weighted by Crippen LogP contribution is 2.40. The molecule has 2 amide bonds. The van der Waals surface area contributed by atoms with Gasteiger partial charge in [-0.15, -0.1) is 11.3 Å². The van der Waals surface area contributed by atoms with Crippen LogP contribution in [0.3, 0.4) is 0 Å². The van der Waals surface area contributed by atoms with Gasteiger partial charge in [0.1, 0.15) is 45.5 Å². The average molecular weight is 676 g/mol. The Hall–Kier alpha value is -3.28. The number of thiophene rings is 1. The third-order valence-electron chi connectivity index (χ3n) is 6.79. The third kappa shape index (κ3) is 6.53. The van der Waals surface area contributed by atoms with Crippen molar-refractivity contribution in [3.8, 4) is 16.5 Å². The summed E-state index contributed by atoms with van der Waals surface area (Å²) in [6.07, 6.45) is 2.27. The van der Waals surface area contributed by atoms with E-state index >= 15 is 0 Å². The minimum absolute atomic E-state index is 0.0664. The lowest BCUT2D eigenvalue weighted by molar-refractivity contribution is 0.0126. The zero-order valence-corrected chi connectivity index (χ0v) is 26.9. The minimum atomic E-state index is -0.585. The second-order valence-electron chi connectivity index (χ2n) is 11.1. The molecule has 12 heteroatoms. The molecule has 0 aliphatic carbocycles. The van der Waals surface area contributed by atoms with E-state index < -0.39 is 17.6 Å². The number of nitrogens with zero attached hydrogens (tertiary/aromatic N) is 3. The van der Waals surface area contributed by atoms with Crippen LogP contribution in [0.25, 0.3) is 16.0 Å². The van der Waals surface area contributed by atoms with Crippen molar-refractivity contribution in [3.63, 3.8) is 0 Å². The summed E-state index contributed by atoms with van der Waals surface area (Å²) < 4.78 is 20.7. The highest BCUT2D eigenvalue weighted by atomic mass is 79.9. The number of imidazole rings is 1. The van der Waals surface area contributed by atoms with E-state index in [1.165, 1.54) is 11.3 Å². The fourth-order valence-corrected chi connectivity index (χ4v) is 6.60. The summed E-state index contributed by atoms with van der Waals surface area (Å²) in [5.74, 6) is 0.449. The molecule has 0 saturated carbocycles. The summed E-state index contributed by atoms with van der Waals surface area (Å²) in [5, 5.41) is 1.28. The summed E-state index contributed by atoms with van der Waals surface area (Å²) in [6.45, 7) is 8.56. The van der Waals surface area contributed by atoms with Crippen LogP contribution in [-0.2, 0) is 4.74 Å². The lowest BCUT2D eigenvalue weighted by atomic mass is 10.1. The summed E-state index contributed by atoms with van der Waals surface area (Å²) in [5.41, 5.74) is 7.53. The third-order valence-corrected chi connectivity index (χ3v) is 9.03. The lowest BCUT2D eigenvalue weighted by Gasteiger charge is -2.33. The maximum atomic E-state index is 12.4. The number of rotatable bonds is 7. The fraction of sp³-hybridized carbons (Fsp3) is 0.367. The SMILES string of the molecule is C[C@@H](Oc1cc(-n2cnc3ccc(OC4CCN(C(=O)OC(C)(C)C)CC4)c(Br)c32)sc1C(N)=O)c1ccccc1Cl. The van der Waals surface area contributed by atoms with Crippen LogP contribution in [0, 0.1) is 0 Å². The summed E-state index contributed by atoms with van der Waals surface area (Å²) in [7, 11) is 0. The molecule has 2 aromatic heterocycles. The smallest absolute Gasteiger partial charge is 0.410 e. The van der Waals surface area contributed by atoms with Gasteiger partial charge in [-0.1, -0.05) is 29.8 Å². The summed E-state index contributed by atoms with van der Waals surface area (Å²) in [4.78, 5) is 31.4. The molecule has 9 nitrogen and oxygen atoms in total. The Morgan fingerprint density at radius 3 is 2.52 bits per heavy atom. The first-order chi connectivity index (χ1) is 19.9. The van der Waals surface area contributed by atoms with Crippen molar-refractivity contribution in [1.29, 1.82) is 0 Å². The molecule has 0 radical (unpaired) electrons. The van der Waals surface area contributed by atoms with Crippen LogP contribution in [0.15, 0.2) is 53.3 Å². The molecule has 222 valence electrons.